The van der Waals surface area contributed by atoms with E-state index in [2.05, 4.69) is 10.1 Å². The average molecular weight is 439 g/mol. The molecule has 0 aliphatic carbocycles. The van der Waals surface area contributed by atoms with E-state index in [0.29, 0.717) is 55.6 Å². The number of halogens is 1. The summed E-state index contributed by atoms with van der Waals surface area (Å²) in [5.41, 5.74) is 3.18. The fourth-order valence-corrected chi connectivity index (χ4v) is 3.78. The summed E-state index contributed by atoms with van der Waals surface area (Å²) in [7, 11) is 1.55. The van der Waals surface area contributed by atoms with Crippen LogP contribution < -0.4 is 14.4 Å². The van der Waals surface area contributed by atoms with Crippen LogP contribution in [0.4, 0.5) is 10.1 Å². The Bertz CT molecular complexity index is 1070. The number of nitrogens with zero attached hydrogens (tertiary/aromatic N) is 3. The first-order chi connectivity index (χ1) is 15.5. The van der Waals surface area contributed by atoms with Crippen LogP contribution in [0.1, 0.15) is 27.4 Å². The van der Waals surface area contributed by atoms with Crippen molar-refractivity contribution in [2.24, 2.45) is 0 Å². The molecule has 3 aromatic rings. The fraction of sp³-hybridized carbons (Fsp3) is 0.333. The Kier molecular flexibility index (Phi) is 6.30. The molecular weight excluding hydrogens is 413 g/mol. The highest BCUT2D eigenvalue weighted by atomic mass is 19.1. The number of aromatic nitrogens is 1. The molecule has 1 aliphatic rings. The van der Waals surface area contributed by atoms with Crippen LogP contribution in [0.15, 0.2) is 47.0 Å². The van der Waals surface area contributed by atoms with Crippen molar-refractivity contribution in [2.75, 3.05) is 38.2 Å². The van der Waals surface area contributed by atoms with E-state index in [1.165, 1.54) is 12.1 Å². The van der Waals surface area contributed by atoms with Gasteiger partial charge in [-0.2, -0.15) is 0 Å². The zero-order chi connectivity index (χ0) is 22.7. The van der Waals surface area contributed by atoms with Crippen molar-refractivity contribution < 1.29 is 23.2 Å². The van der Waals surface area contributed by atoms with Crippen LogP contribution in [-0.4, -0.2) is 49.3 Å². The molecular formula is C24H26FN3O4. The molecule has 7 nitrogen and oxygen atoms in total. The normalized spacial score (nSPS) is 13.9. The molecule has 0 saturated carbocycles. The average Bonchev–Trinajstić information content (AvgIpc) is 3.14. The number of carbonyl (C=O) groups excluding carboxylic acids is 1. The van der Waals surface area contributed by atoms with Crippen LogP contribution >= 0.6 is 0 Å². The SMILES string of the molecule is COc1cc(C(=O)N2CCN(c3ccc(F)cc3)CC2)ccc1OCc1c(C)noc1C. The Morgan fingerprint density at radius 2 is 1.78 bits per heavy atom. The summed E-state index contributed by atoms with van der Waals surface area (Å²) in [4.78, 5) is 17.0. The molecule has 1 amide bonds. The van der Waals surface area contributed by atoms with E-state index >= 15 is 0 Å². The van der Waals surface area contributed by atoms with Crippen LogP contribution in [0.5, 0.6) is 11.5 Å². The van der Waals surface area contributed by atoms with Crippen molar-refractivity contribution >= 4 is 11.6 Å². The van der Waals surface area contributed by atoms with E-state index < -0.39 is 0 Å². The number of aryl methyl sites for hydroxylation is 2. The summed E-state index contributed by atoms with van der Waals surface area (Å²) in [5.74, 6) is 1.45. The fourth-order valence-electron chi connectivity index (χ4n) is 3.78. The third kappa shape index (κ3) is 4.54. The molecule has 168 valence electrons. The molecule has 0 atom stereocenters. The van der Waals surface area contributed by atoms with Gasteiger partial charge < -0.3 is 23.8 Å². The van der Waals surface area contributed by atoms with Gasteiger partial charge in [0.1, 0.15) is 18.2 Å². The molecule has 0 radical (unpaired) electrons. The largest absolute Gasteiger partial charge is 0.493 e. The van der Waals surface area contributed by atoms with Gasteiger partial charge in [-0.3, -0.25) is 4.79 Å². The summed E-state index contributed by atoms with van der Waals surface area (Å²) in [6.45, 7) is 6.56. The van der Waals surface area contributed by atoms with Crippen molar-refractivity contribution in [3.05, 3.63) is 70.9 Å². The minimum atomic E-state index is -0.254. The first-order valence-corrected chi connectivity index (χ1v) is 10.5. The number of hydrogen-bond donors (Lipinski definition) is 0. The van der Waals surface area contributed by atoms with Crippen LogP contribution in [0.2, 0.25) is 0 Å². The van der Waals surface area contributed by atoms with Crippen LogP contribution in [-0.2, 0) is 6.61 Å². The molecule has 0 N–H and O–H groups in total. The molecule has 8 heteroatoms. The van der Waals surface area contributed by atoms with Gasteiger partial charge in [-0.05, 0) is 56.3 Å². The van der Waals surface area contributed by atoms with Crippen molar-refractivity contribution in [3.8, 4) is 11.5 Å². The van der Waals surface area contributed by atoms with Crippen LogP contribution in [0, 0.1) is 19.7 Å². The van der Waals surface area contributed by atoms with E-state index in [1.807, 2.05) is 18.7 Å². The quantitative estimate of drug-likeness (QED) is 0.579. The zero-order valence-electron chi connectivity index (χ0n) is 18.4. The number of carbonyl (C=O) groups is 1. The molecule has 1 aromatic heterocycles. The second kappa shape index (κ2) is 9.30. The lowest BCUT2D eigenvalue weighted by molar-refractivity contribution is 0.0746. The van der Waals surface area contributed by atoms with Crippen LogP contribution in [0.3, 0.4) is 0 Å². The highest BCUT2D eigenvalue weighted by molar-refractivity contribution is 5.95. The number of anilines is 1. The molecule has 1 fully saturated rings. The Morgan fingerprint density at radius 3 is 2.41 bits per heavy atom. The van der Waals surface area contributed by atoms with Gasteiger partial charge in [-0.25, -0.2) is 4.39 Å². The zero-order valence-corrected chi connectivity index (χ0v) is 18.4. The van der Waals surface area contributed by atoms with Gasteiger partial charge in [-0.15, -0.1) is 0 Å². The van der Waals surface area contributed by atoms with Gasteiger partial charge in [0.25, 0.3) is 5.91 Å². The van der Waals surface area contributed by atoms with Crippen molar-refractivity contribution in [3.63, 3.8) is 0 Å². The molecule has 4 rings (SSSR count). The first-order valence-electron chi connectivity index (χ1n) is 10.5. The van der Waals surface area contributed by atoms with Gasteiger partial charge in [0.05, 0.1) is 18.4 Å². The summed E-state index contributed by atoms with van der Waals surface area (Å²) >= 11 is 0. The number of ether oxygens (including phenoxy) is 2. The first kappa shape index (κ1) is 21.7. The second-order valence-corrected chi connectivity index (χ2v) is 7.71. The lowest BCUT2D eigenvalue weighted by atomic mass is 10.1. The number of benzene rings is 2. The Balaban J connectivity index is 1.40. The second-order valence-electron chi connectivity index (χ2n) is 7.71. The molecule has 1 saturated heterocycles. The maximum absolute atomic E-state index is 13.2. The van der Waals surface area contributed by atoms with Gasteiger partial charge in [0.2, 0.25) is 0 Å². The van der Waals surface area contributed by atoms with Gasteiger partial charge >= 0.3 is 0 Å². The molecule has 0 spiro atoms. The van der Waals surface area contributed by atoms with E-state index in [0.717, 1.165) is 16.9 Å². The third-order valence-corrected chi connectivity index (χ3v) is 5.72. The van der Waals surface area contributed by atoms with Crippen molar-refractivity contribution in [2.45, 2.75) is 20.5 Å². The molecule has 2 heterocycles. The lowest BCUT2D eigenvalue weighted by Gasteiger charge is -2.36. The summed E-state index contributed by atoms with van der Waals surface area (Å²) < 4.78 is 29.7. The Labute approximate surface area is 186 Å². The number of methoxy groups -OCH3 is 1. The van der Waals surface area contributed by atoms with E-state index in [1.54, 1.807) is 37.4 Å². The Morgan fingerprint density at radius 1 is 1.06 bits per heavy atom. The number of hydrogen-bond acceptors (Lipinski definition) is 6. The van der Waals surface area contributed by atoms with Gasteiger partial charge in [-0.1, -0.05) is 5.16 Å². The highest BCUT2D eigenvalue weighted by Crippen LogP contribution is 2.30. The monoisotopic (exact) mass is 439 g/mol. The van der Waals surface area contributed by atoms with Gasteiger partial charge in [0.15, 0.2) is 11.5 Å². The molecule has 0 bridgehead atoms. The smallest absolute Gasteiger partial charge is 0.254 e. The predicted molar refractivity (Wildman–Crippen MR) is 118 cm³/mol. The highest BCUT2D eigenvalue weighted by Gasteiger charge is 2.23. The standard InChI is InChI=1S/C24H26FN3O4/c1-16-21(17(2)32-26-16)15-31-22-9-4-18(14-23(22)30-3)24(29)28-12-10-27(11-13-28)20-7-5-19(25)6-8-20/h4-9,14H,10-13,15H2,1-3H3. The maximum atomic E-state index is 13.2. The lowest BCUT2D eigenvalue weighted by Crippen LogP contribution is -2.48. The minimum Gasteiger partial charge on any atom is -0.493 e. The molecule has 0 unspecified atom stereocenters. The molecule has 32 heavy (non-hydrogen) atoms. The summed E-state index contributed by atoms with van der Waals surface area (Å²) in [6.07, 6.45) is 0. The van der Waals surface area contributed by atoms with E-state index in [-0.39, 0.29) is 11.7 Å². The number of amides is 1. The predicted octanol–water partition coefficient (Wildman–Crippen LogP) is 3.98. The summed E-state index contributed by atoms with van der Waals surface area (Å²) in [5, 5.41) is 3.93. The summed E-state index contributed by atoms with van der Waals surface area (Å²) in [6, 6.07) is 11.6. The Hall–Kier alpha value is -3.55. The van der Waals surface area contributed by atoms with Gasteiger partial charge in [0, 0.05) is 37.4 Å². The molecule has 1 aliphatic heterocycles. The van der Waals surface area contributed by atoms with Crippen LogP contribution in [0.25, 0.3) is 0 Å². The number of piperazine rings is 1. The minimum absolute atomic E-state index is 0.0562. The third-order valence-electron chi connectivity index (χ3n) is 5.72. The number of rotatable bonds is 6. The van der Waals surface area contributed by atoms with Crippen molar-refractivity contribution in [1.29, 1.82) is 0 Å². The van der Waals surface area contributed by atoms with Crippen molar-refractivity contribution in [1.82, 2.24) is 10.1 Å². The topological polar surface area (TPSA) is 68.0 Å². The molecule has 2 aromatic carbocycles. The van der Waals surface area contributed by atoms with E-state index in [9.17, 15) is 9.18 Å². The van der Waals surface area contributed by atoms with E-state index in [4.69, 9.17) is 14.0 Å². The maximum Gasteiger partial charge on any atom is 0.254 e.